The highest BCUT2D eigenvalue weighted by Crippen LogP contribution is 2.45. The quantitative estimate of drug-likeness (QED) is 0.790. The molecular formula is C21H29N. The first-order valence-corrected chi connectivity index (χ1v) is 8.66. The summed E-state index contributed by atoms with van der Waals surface area (Å²) in [5, 5.41) is 0. The Hall–Kier alpha value is -1.34. The highest BCUT2D eigenvalue weighted by atomic mass is 14.8. The van der Waals surface area contributed by atoms with Crippen LogP contribution in [-0.2, 0) is 0 Å². The molecule has 22 heavy (non-hydrogen) atoms. The third-order valence-corrected chi connectivity index (χ3v) is 5.89. The first-order valence-electron chi connectivity index (χ1n) is 8.66. The Kier molecular flexibility index (Phi) is 4.03. The Morgan fingerprint density at radius 3 is 2.45 bits per heavy atom. The summed E-state index contributed by atoms with van der Waals surface area (Å²) in [7, 11) is 0. The van der Waals surface area contributed by atoms with E-state index < -0.39 is 0 Å². The molecule has 0 spiro atoms. The molecule has 118 valence electrons. The summed E-state index contributed by atoms with van der Waals surface area (Å²) < 4.78 is 0. The zero-order valence-corrected chi connectivity index (χ0v) is 14.2. The monoisotopic (exact) mass is 295 g/mol. The molecule has 1 aromatic rings. The number of benzene rings is 1. The predicted molar refractivity (Wildman–Crippen MR) is 95.8 cm³/mol. The van der Waals surface area contributed by atoms with Crippen LogP contribution in [0.1, 0.15) is 69.9 Å². The molecule has 0 aliphatic heterocycles. The van der Waals surface area contributed by atoms with Crippen LogP contribution in [0.5, 0.6) is 0 Å². The summed E-state index contributed by atoms with van der Waals surface area (Å²) >= 11 is 0. The van der Waals surface area contributed by atoms with Crippen molar-refractivity contribution in [1.29, 1.82) is 0 Å². The minimum absolute atomic E-state index is 0.0476. The lowest BCUT2D eigenvalue weighted by molar-refractivity contribution is 0.148. The molecule has 1 nitrogen and oxygen atoms in total. The van der Waals surface area contributed by atoms with Gasteiger partial charge in [0, 0.05) is 5.54 Å². The molecule has 1 saturated carbocycles. The van der Waals surface area contributed by atoms with Gasteiger partial charge in [-0.3, -0.25) is 0 Å². The minimum atomic E-state index is -0.0476. The first-order chi connectivity index (χ1) is 10.4. The largest absolute Gasteiger partial charge is 0.325 e. The standard InChI is InChI=1S/C21H29N/c1-16(21(22)13-11-20(2,3)12-14-21)18-9-6-10-19(15-18)17-7-4-5-8-17/h4,6-10,15-16H,5,11-14,22H2,1-3H3. The molecule has 2 N–H and O–H groups in total. The normalized spacial score (nSPS) is 24.1. The lowest BCUT2D eigenvalue weighted by Crippen LogP contribution is -2.49. The van der Waals surface area contributed by atoms with Crippen LogP contribution < -0.4 is 5.73 Å². The van der Waals surface area contributed by atoms with Gasteiger partial charge in [0.15, 0.2) is 0 Å². The van der Waals surface area contributed by atoms with Crippen LogP contribution in [0, 0.1) is 5.41 Å². The summed E-state index contributed by atoms with van der Waals surface area (Å²) in [4.78, 5) is 0. The van der Waals surface area contributed by atoms with Gasteiger partial charge in [-0.25, -0.2) is 0 Å². The molecule has 1 heteroatoms. The fourth-order valence-electron chi connectivity index (χ4n) is 3.82. The molecule has 0 saturated heterocycles. The second-order valence-corrected chi connectivity index (χ2v) is 8.04. The average molecular weight is 295 g/mol. The number of hydrogen-bond acceptors (Lipinski definition) is 1. The molecule has 1 atom stereocenters. The summed E-state index contributed by atoms with van der Waals surface area (Å²) in [6.45, 7) is 7.06. The minimum Gasteiger partial charge on any atom is -0.325 e. The maximum absolute atomic E-state index is 6.83. The van der Waals surface area contributed by atoms with E-state index in [9.17, 15) is 0 Å². The van der Waals surface area contributed by atoms with Crippen molar-refractivity contribution >= 4 is 5.57 Å². The van der Waals surface area contributed by atoms with Crippen molar-refractivity contribution in [3.63, 3.8) is 0 Å². The second-order valence-electron chi connectivity index (χ2n) is 8.04. The van der Waals surface area contributed by atoms with Crippen LogP contribution in [0.4, 0.5) is 0 Å². The molecule has 0 amide bonds. The summed E-state index contributed by atoms with van der Waals surface area (Å²) in [5.41, 5.74) is 11.3. The predicted octanol–water partition coefficient (Wildman–Crippen LogP) is 5.43. The topological polar surface area (TPSA) is 26.0 Å². The Labute approximate surface area is 135 Å². The van der Waals surface area contributed by atoms with Crippen LogP contribution in [0.2, 0.25) is 0 Å². The second kappa shape index (κ2) is 5.70. The van der Waals surface area contributed by atoms with Gasteiger partial charge in [0.1, 0.15) is 0 Å². The van der Waals surface area contributed by atoms with Crippen LogP contribution in [0.15, 0.2) is 42.5 Å². The fraction of sp³-hybridized carbons (Fsp3) is 0.524. The van der Waals surface area contributed by atoms with Gasteiger partial charge >= 0.3 is 0 Å². The Bertz CT molecular complexity index is 596. The van der Waals surface area contributed by atoms with Gasteiger partial charge in [0.2, 0.25) is 0 Å². The zero-order chi connectivity index (χ0) is 15.8. The van der Waals surface area contributed by atoms with Crippen molar-refractivity contribution in [2.24, 2.45) is 11.1 Å². The molecule has 0 heterocycles. The fourth-order valence-corrected chi connectivity index (χ4v) is 3.82. The molecule has 3 rings (SSSR count). The average Bonchev–Trinajstić information content (AvgIpc) is 3.04. The first kappa shape index (κ1) is 15.6. The zero-order valence-electron chi connectivity index (χ0n) is 14.2. The summed E-state index contributed by atoms with van der Waals surface area (Å²) in [6, 6.07) is 9.00. The van der Waals surface area contributed by atoms with E-state index in [1.165, 1.54) is 29.5 Å². The van der Waals surface area contributed by atoms with Gasteiger partial charge in [-0.05, 0) is 60.1 Å². The Morgan fingerprint density at radius 1 is 1.09 bits per heavy atom. The van der Waals surface area contributed by atoms with Crippen LogP contribution >= 0.6 is 0 Å². The van der Waals surface area contributed by atoms with Crippen LogP contribution in [-0.4, -0.2) is 5.54 Å². The molecule has 0 bridgehead atoms. The highest BCUT2D eigenvalue weighted by Gasteiger charge is 2.39. The van der Waals surface area contributed by atoms with E-state index in [0.29, 0.717) is 11.3 Å². The highest BCUT2D eigenvalue weighted by molar-refractivity contribution is 5.76. The van der Waals surface area contributed by atoms with Gasteiger partial charge in [0.25, 0.3) is 0 Å². The van der Waals surface area contributed by atoms with Crippen molar-refractivity contribution in [3.05, 3.63) is 53.6 Å². The maximum Gasteiger partial charge on any atom is 0.0221 e. The van der Waals surface area contributed by atoms with Crippen molar-refractivity contribution < 1.29 is 0 Å². The number of allylic oxidation sites excluding steroid dienone is 4. The third kappa shape index (κ3) is 3.05. The number of hydrogen-bond donors (Lipinski definition) is 1. The van der Waals surface area contributed by atoms with E-state index in [0.717, 1.165) is 19.3 Å². The lowest BCUT2D eigenvalue weighted by Gasteiger charge is -2.45. The molecule has 2 aliphatic rings. The number of nitrogens with two attached hydrogens (primary N) is 1. The molecule has 1 aromatic carbocycles. The van der Waals surface area contributed by atoms with E-state index in [1.807, 2.05) is 0 Å². The molecule has 1 fully saturated rings. The smallest absolute Gasteiger partial charge is 0.0221 e. The van der Waals surface area contributed by atoms with Gasteiger partial charge in [-0.15, -0.1) is 0 Å². The Morgan fingerprint density at radius 2 is 1.82 bits per heavy atom. The van der Waals surface area contributed by atoms with Crippen molar-refractivity contribution in [1.82, 2.24) is 0 Å². The van der Waals surface area contributed by atoms with E-state index >= 15 is 0 Å². The van der Waals surface area contributed by atoms with E-state index in [-0.39, 0.29) is 5.54 Å². The van der Waals surface area contributed by atoms with Crippen LogP contribution in [0.3, 0.4) is 0 Å². The number of rotatable bonds is 3. The van der Waals surface area contributed by atoms with Gasteiger partial charge in [-0.1, -0.05) is 63.3 Å². The van der Waals surface area contributed by atoms with E-state index in [2.05, 4.69) is 63.3 Å². The van der Waals surface area contributed by atoms with Gasteiger partial charge in [0.05, 0.1) is 0 Å². The molecule has 1 unspecified atom stereocenters. The summed E-state index contributed by atoms with van der Waals surface area (Å²) in [6.07, 6.45) is 12.5. The van der Waals surface area contributed by atoms with Crippen molar-refractivity contribution in [2.45, 2.75) is 64.3 Å². The van der Waals surface area contributed by atoms with E-state index in [1.54, 1.807) is 0 Å². The maximum atomic E-state index is 6.83. The molecule has 0 aromatic heterocycles. The van der Waals surface area contributed by atoms with Gasteiger partial charge in [-0.2, -0.15) is 0 Å². The lowest BCUT2D eigenvalue weighted by atomic mass is 9.64. The van der Waals surface area contributed by atoms with E-state index in [4.69, 9.17) is 5.73 Å². The molecule has 2 aliphatic carbocycles. The van der Waals surface area contributed by atoms with Crippen molar-refractivity contribution in [3.8, 4) is 0 Å². The Balaban J connectivity index is 1.81. The molecular weight excluding hydrogens is 266 g/mol. The van der Waals surface area contributed by atoms with Crippen molar-refractivity contribution in [2.75, 3.05) is 0 Å². The SMILES string of the molecule is CC(c1cccc(C2=CCC=C2)c1)C1(N)CCC(C)(C)CC1. The summed E-state index contributed by atoms with van der Waals surface area (Å²) in [5.74, 6) is 0.412. The molecule has 0 radical (unpaired) electrons. The third-order valence-electron chi connectivity index (χ3n) is 5.89. The van der Waals surface area contributed by atoms with Gasteiger partial charge < -0.3 is 5.73 Å². The van der Waals surface area contributed by atoms with Crippen LogP contribution in [0.25, 0.3) is 5.57 Å².